The molecule has 0 amide bonds. The Bertz CT molecular complexity index is 306. The second-order valence-corrected chi connectivity index (χ2v) is 4.76. The number of rotatable bonds is 4. The number of nitrogens with one attached hydrogen (secondary N) is 1. The Hall–Kier alpha value is -0.420. The van der Waals surface area contributed by atoms with Gasteiger partial charge in [-0.15, -0.1) is 0 Å². The first kappa shape index (κ1) is 10.7. The molecule has 1 rings (SSSR count). The average Bonchev–Trinajstić information content (AvgIpc) is 2.04. The number of hydrogen-bond acceptors (Lipinski definition) is 2. The van der Waals surface area contributed by atoms with Crippen molar-refractivity contribution in [3.63, 3.8) is 0 Å². The van der Waals surface area contributed by atoms with E-state index in [0.717, 1.165) is 16.6 Å². The SMILES string of the molecule is CCCS(=O)Nc1cncc(Br)c1. The van der Waals surface area contributed by atoms with E-state index in [1.54, 1.807) is 12.4 Å². The number of pyridine rings is 1. The van der Waals surface area contributed by atoms with Crippen LogP contribution in [-0.4, -0.2) is 14.9 Å². The van der Waals surface area contributed by atoms with Crippen molar-refractivity contribution in [1.29, 1.82) is 0 Å². The van der Waals surface area contributed by atoms with Gasteiger partial charge in [0.1, 0.15) is 11.0 Å². The van der Waals surface area contributed by atoms with Gasteiger partial charge in [0.05, 0.1) is 11.9 Å². The maximum atomic E-state index is 11.3. The first-order chi connectivity index (χ1) is 6.22. The van der Waals surface area contributed by atoms with Gasteiger partial charge in [-0.3, -0.25) is 4.98 Å². The Morgan fingerprint density at radius 2 is 2.38 bits per heavy atom. The third-order valence-electron chi connectivity index (χ3n) is 1.33. The molecule has 1 heterocycles. The Balaban J connectivity index is 2.58. The average molecular weight is 263 g/mol. The van der Waals surface area contributed by atoms with Crippen LogP contribution in [0.25, 0.3) is 0 Å². The van der Waals surface area contributed by atoms with Gasteiger partial charge in [0.2, 0.25) is 0 Å². The molecule has 0 aliphatic rings. The number of halogens is 1. The zero-order valence-electron chi connectivity index (χ0n) is 7.29. The van der Waals surface area contributed by atoms with Crippen molar-refractivity contribution in [2.24, 2.45) is 0 Å². The topological polar surface area (TPSA) is 42.0 Å². The second-order valence-electron chi connectivity index (χ2n) is 2.54. The normalized spacial score (nSPS) is 12.5. The van der Waals surface area contributed by atoms with Crippen LogP contribution >= 0.6 is 15.9 Å². The van der Waals surface area contributed by atoms with Crippen LogP contribution in [0.3, 0.4) is 0 Å². The summed E-state index contributed by atoms with van der Waals surface area (Å²) in [5.74, 6) is 0.659. The minimum absolute atomic E-state index is 0.659. The summed E-state index contributed by atoms with van der Waals surface area (Å²) in [5, 5.41) is 0. The molecule has 3 nitrogen and oxygen atoms in total. The van der Waals surface area contributed by atoms with E-state index in [9.17, 15) is 4.21 Å². The smallest absolute Gasteiger partial charge is 0.117 e. The van der Waals surface area contributed by atoms with E-state index in [0.29, 0.717) is 5.75 Å². The lowest BCUT2D eigenvalue weighted by Gasteiger charge is -2.03. The van der Waals surface area contributed by atoms with E-state index in [1.165, 1.54) is 0 Å². The Kier molecular flexibility index (Phi) is 4.38. The lowest BCUT2D eigenvalue weighted by atomic mass is 10.4. The van der Waals surface area contributed by atoms with Crippen molar-refractivity contribution in [1.82, 2.24) is 4.98 Å². The Morgan fingerprint density at radius 3 is 3.00 bits per heavy atom. The van der Waals surface area contributed by atoms with Gasteiger partial charge >= 0.3 is 0 Å². The fourth-order valence-corrected chi connectivity index (χ4v) is 2.05. The van der Waals surface area contributed by atoms with E-state index in [-0.39, 0.29) is 0 Å². The van der Waals surface area contributed by atoms with Crippen LogP contribution in [-0.2, 0) is 11.0 Å². The van der Waals surface area contributed by atoms with Crippen molar-refractivity contribution in [3.8, 4) is 0 Å². The molecule has 0 spiro atoms. The quantitative estimate of drug-likeness (QED) is 0.905. The number of anilines is 1. The standard InChI is InChI=1S/C8H11BrN2OS/c1-2-3-13(12)11-8-4-7(9)5-10-6-8/h4-6,11H,2-3H2,1H3. The van der Waals surface area contributed by atoms with E-state index >= 15 is 0 Å². The summed E-state index contributed by atoms with van der Waals surface area (Å²) in [6, 6.07) is 1.85. The number of nitrogens with zero attached hydrogens (tertiary/aromatic N) is 1. The summed E-state index contributed by atoms with van der Waals surface area (Å²) >= 11 is 3.29. The fraction of sp³-hybridized carbons (Fsp3) is 0.375. The highest BCUT2D eigenvalue weighted by atomic mass is 79.9. The predicted octanol–water partition coefficient (Wildman–Crippen LogP) is 2.33. The number of hydrogen-bond donors (Lipinski definition) is 1. The molecule has 72 valence electrons. The minimum atomic E-state index is -0.990. The molecule has 0 aromatic carbocycles. The van der Waals surface area contributed by atoms with Crippen LogP contribution in [0.4, 0.5) is 5.69 Å². The molecule has 0 radical (unpaired) electrons. The third-order valence-corrected chi connectivity index (χ3v) is 3.00. The highest BCUT2D eigenvalue weighted by Crippen LogP contribution is 2.13. The van der Waals surface area contributed by atoms with Gasteiger partial charge in [0.25, 0.3) is 0 Å². The van der Waals surface area contributed by atoms with Gasteiger partial charge in [-0.2, -0.15) is 0 Å². The minimum Gasteiger partial charge on any atom is -0.304 e. The first-order valence-electron chi connectivity index (χ1n) is 3.98. The lowest BCUT2D eigenvalue weighted by molar-refractivity contribution is 0.685. The van der Waals surface area contributed by atoms with Crippen LogP contribution in [0.2, 0.25) is 0 Å². The molecule has 1 aromatic heterocycles. The van der Waals surface area contributed by atoms with E-state index < -0.39 is 11.0 Å². The lowest BCUT2D eigenvalue weighted by Crippen LogP contribution is -2.07. The summed E-state index contributed by atoms with van der Waals surface area (Å²) < 4.78 is 15.0. The van der Waals surface area contributed by atoms with Crippen LogP contribution in [0.1, 0.15) is 13.3 Å². The molecular formula is C8H11BrN2OS. The van der Waals surface area contributed by atoms with Gasteiger partial charge in [0, 0.05) is 16.4 Å². The van der Waals surface area contributed by atoms with Gasteiger partial charge in [-0.05, 0) is 28.4 Å². The maximum Gasteiger partial charge on any atom is 0.117 e. The van der Waals surface area contributed by atoms with Gasteiger partial charge in [-0.25, -0.2) is 4.21 Å². The summed E-state index contributed by atoms with van der Waals surface area (Å²) in [5.41, 5.74) is 0.779. The molecule has 1 aromatic rings. The van der Waals surface area contributed by atoms with Gasteiger partial charge < -0.3 is 4.72 Å². The predicted molar refractivity (Wildman–Crippen MR) is 58.9 cm³/mol. The summed E-state index contributed by atoms with van der Waals surface area (Å²) in [7, 11) is -0.990. The summed E-state index contributed by atoms with van der Waals surface area (Å²) in [6.45, 7) is 2.00. The van der Waals surface area contributed by atoms with Crippen molar-refractivity contribution < 1.29 is 4.21 Å². The maximum absolute atomic E-state index is 11.3. The Labute approximate surface area is 88.7 Å². The Morgan fingerprint density at radius 1 is 1.62 bits per heavy atom. The zero-order chi connectivity index (χ0) is 9.68. The van der Waals surface area contributed by atoms with Gasteiger partial charge in [0.15, 0.2) is 0 Å². The van der Waals surface area contributed by atoms with E-state index in [2.05, 4.69) is 25.6 Å². The molecule has 0 saturated carbocycles. The van der Waals surface area contributed by atoms with Crippen LogP contribution in [0.15, 0.2) is 22.9 Å². The van der Waals surface area contributed by atoms with Crippen LogP contribution in [0.5, 0.6) is 0 Å². The highest BCUT2D eigenvalue weighted by molar-refractivity contribution is 9.10. The molecule has 13 heavy (non-hydrogen) atoms. The molecule has 1 unspecified atom stereocenters. The molecule has 0 saturated heterocycles. The van der Waals surface area contributed by atoms with Gasteiger partial charge in [-0.1, -0.05) is 6.92 Å². The van der Waals surface area contributed by atoms with Crippen molar-refractivity contribution in [2.45, 2.75) is 13.3 Å². The van der Waals surface area contributed by atoms with E-state index in [4.69, 9.17) is 0 Å². The van der Waals surface area contributed by atoms with Crippen molar-refractivity contribution in [3.05, 3.63) is 22.9 Å². The third kappa shape index (κ3) is 3.87. The summed E-state index contributed by atoms with van der Waals surface area (Å²) in [4.78, 5) is 3.95. The highest BCUT2D eigenvalue weighted by Gasteiger charge is 1.98. The molecule has 0 bridgehead atoms. The fourth-order valence-electron chi connectivity index (χ4n) is 0.836. The number of aromatic nitrogens is 1. The monoisotopic (exact) mass is 262 g/mol. The van der Waals surface area contributed by atoms with Crippen molar-refractivity contribution in [2.75, 3.05) is 10.5 Å². The molecular weight excluding hydrogens is 252 g/mol. The molecule has 0 aliphatic carbocycles. The van der Waals surface area contributed by atoms with Crippen LogP contribution < -0.4 is 4.72 Å². The largest absolute Gasteiger partial charge is 0.304 e. The zero-order valence-corrected chi connectivity index (χ0v) is 9.69. The molecule has 0 fully saturated rings. The van der Waals surface area contributed by atoms with Crippen LogP contribution in [0, 0.1) is 0 Å². The molecule has 1 N–H and O–H groups in total. The molecule has 0 aliphatic heterocycles. The van der Waals surface area contributed by atoms with E-state index in [1.807, 2.05) is 13.0 Å². The second kappa shape index (κ2) is 5.34. The molecule has 5 heteroatoms. The van der Waals surface area contributed by atoms with Crippen molar-refractivity contribution >= 4 is 32.6 Å². The summed E-state index contributed by atoms with van der Waals surface area (Å²) in [6.07, 6.45) is 4.24. The molecule has 1 atom stereocenters. The first-order valence-corrected chi connectivity index (χ1v) is 6.09.